The van der Waals surface area contributed by atoms with E-state index in [1.165, 1.54) is 11.3 Å². The van der Waals surface area contributed by atoms with Crippen molar-refractivity contribution in [1.82, 2.24) is 34.8 Å². The number of nitrogens with two attached hydrogens (primary N) is 2. The summed E-state index contributed by atoms with van der Waals surface area (Å²) in [4.78, 5) is 21.0. The highest BCUT2D eigenvalue weighted by Crippen LogP contribution is 2.55. The number of anilines is 3. The van der Waals surface area contributed by atoms with Crippen molar-refractivity contribution in [1.29, 1.82) is 5.26 Å². The molecular formula is C36H41N11OS. The molecule has 0 aromatic carbocycles. The molecule has 1 spiro atoms. The van der Waals surface area contributed by atoms with Crippen LogP contribution in [0, 0.1) is 11.3 Å². The normalized spacial score (nSPS) is 24.4. The van der Waals surface area contributed by atoms with Crippen molar-refractivity contribution in [3.63, 3.8) is 0 Å². The summed E-state index contributed by atoms with van der Waals surface area (Å²) in [5, 5.41) is 21.5. The summed E-state index contributed by atoms with van der Waals surface area (Å²) in [6.07, 6.45) is 13.4. The zero-order valence-corrected chi connectivity index (χ0v) is 28.8. The number of thiophene rings is 1. The van der Waals surface area contributed by atoms with Crippen molar-refractivity contribution in [3.05, 3.63) is 57.4 Å². The molecule has 2 aliphatic heterocycles. The Kier molecular flexibility index (Phi) is 7.18. The maximum absolute atomic E-state index is 10.2. The minimum atomic E-state index is -0.417. The van der Waals surface area contributed by atoms with Crippen molar-refractivity contribution >= 4 is 39.0 Å². The molecule has 4 N–H and O–H groups in total. The lowest BCUT2D eigenvalue weighted by molar-refractivity contribution is 0.232. The molecule has 2 saturated heterocycles. The number of likely N-dealkylation sites (N-methyl/N-ethyl adjacent to an activating group) is 1. The van der Waals surface area contributed by atoms with Gasteiger partial charge in [0.1, 0.15) is 22.7 Å². The van der Waals surface area contributed by atoms with Gasteiger partial charge in [-0.1, -0.05) is 11.2 Å². The highest BCUT2D eigenvalue weighted by atomic mass is 32.1. The first kappa shape index (κ1) is 30.5. The van der Waals surface area contributed by atoms with Gasteiger partial charge in [0.05, 0.1) is 34.6 Å². The van der Waals surface area contributed by atoms with Crippen LogP contribution in [0.5, 0.6) is 0 Å². The Hall–Kier alpha value is -4.54. The number of nitrogens with zero attached hydrogens (tertiary/aromatic N) is 9. The molecule has 0 radical (unpaired) electrons. The number of nitriles is 1. The molecule has 49 heavy (non-hydrogen) atoms. The van der Waals surface area contributed by atoms with Gasteiger partial charge in [0.2, 0.25) is 0 Å². The van der Waals surface area contributed by atoms with Crippen LogP contribution < -0.4 is 16.4 Å². The first-order valence-corrected chi connectivity index (χ1v) is 18.4. The van der Waals surface area contributed by atoms with Crippen LogP contribution in [-0.4, -0.2) is 61.0 Å². The molecule has 5 aromatic rings. The summed E-state index contributed by atoms with van der Waals surface area (Å²) in [6, 6.07) is 6.98. The van der Waals surface area contributed by atoms with E-state index in [9.17, 15) is 5.26 Å². The van der Waals surface area contributed by atoms with Crippen molar-refractivity contribution in [2.24, 2.45) is 0 Å². The van der Waals surface area contributed by atoms with Crippen LogP contribution in [0.15, 0.2) is 29.0 Å². The molecule has 4 aliphatic rings. The molecule has 252 valence electrons. The van der Waals surface area contributed by atoms with E-state index < -0.39 is 5.41 Å². The number of hydrogen-bond donors (Lipinski definition) is 2. The van der Waals surface area contributed by atoms with Gasteiger partial charge in [0, 0.05) is 34.8 Å². The summed E-state index contributed by atoms with van der Waals surface area (Å²) in [5.74, 6) is 2.78. The van der Waals surface area contributed by atoms with E-state index in [2.05, 4.69) is 45.6 Å². The lowest BCUT2D eigenvalue weighted by Gasteiger charge is -2.39. The number of fused-ring (bicyclic) bond motifs is 5. The van der Waals surface area contributed by atoms with Crippen LogP contribution in [0.4, 0.5) is 16.6 Å². The van der Waals surface area contributed by atoms with E-state index in [1.807, 2.05) is 12.3 Å². The minimum Gasteiger partial charge on any atom is -0.389 e. The Balaban J connectivity index is 1.22. The van der Waals surface area contributed by atoms with Gasteiger partial charge in [-0.2, -0.15) is 10.4 Å². The Morgan fingerprint density at radius 1 is 1.10 bits per heavy atom. The second kappa shape index (κ2) is 11.5. The van der Waals surface area contributed by atoms with Gasteiger partial charge in [0.15, 0.2) is 22.9 Å². The molecule has 0 saturated carbocycles. The maximum atomic E-state index is 10.2. The lowest BCUT2D eigenvalue weighted by Crippen LogP contribution is -2.35. The third kappa shape index (κ3) is 4.53. The predicted octanol–water partition coefficient (Wildman–Crippen LogP) is 5.93. The van der Waals surface area contributed by atoms with Crippen LogP contribution >= 0.6 is 11.3 Å². The summed E-state index contributed by atoms with van der Waals surface area (Å²) in [6.45, 7) is 4.16. The van der Waals surface area contributed by atoms with E-state index in [1.54, 1.807) is 17.5 Å². The average Bonchev–Trinajstić information content (AvgIpc) is 3.94. The fraction of sp³-hybridized carbons (Fsp3) is 0.500. The number of aromatic nitrogens is 6. The van der Waals surface area contributed by atoms with Crippen molar-refractivity contribution in [2.45, 2.75) is 94.7 Å². The highest BCUT2D eigenvalue weighted by Gasteiger charge is 2.49. The average molecular weight is 676 g/mol. The van der Waals surface area contributed by atoms with E-state index in [0.717, 1.165) is 110 Å². The number of nitrogen functional groups attached to an aromatic ring is 2. The molecule has 13 heteroatoms. The SMILES string of the molecule is C[C@@H]([C@@H]1CCCN1C)n1ncc2c(N3CCC[C@@H]3c3cccnc3N)nc(-c3noc4c3CCC[C@@]43CCCc4sc(N)c(C#N)c43)nc21. The number of rotatable bonds is 5. The van der Waals surface area contributed by atoms with Crippen molar-refractivity contribution < 1.29 is 4.52 Å². The molecule has 4 atom stereocenters. The largest absolute Gasteiger partial charge is 0.389 e. The lowest BCUT2D eigenvalue weighted by atomic mass is 9.63. The number of pyridine rings is 1. The highest BCUT2D eigenvalue weighted by molar-refractivity contribution is 7.16. The molecule has 0 unspecified atom stereocenters. The van der Waals surface area contributed by atoms with E-state index in [4.69, 9.17) is 36.2 Å². The third-order valence-electron chi connectivity index (χ3n) is 11.8. The molecule has 0 amide bonds. The van der Waals surface area contributed by atoms with Crippen LogP contribution in [0.2, 0.25) is 0 Å². The van der Waals surface area contributed by atoms with E-state index >= 15 is 0 Å². The van der Waals surface area contributed by atoms with Crippen molar-refractivity contribution in [2.75, 3.05) is 36.5 Å². The maximum Gasteiger partial charge on any atom is 0.186 e. The first-order chi connectivity index (χ1) is 23.9. The standard InChI is InChI=1S/C36H41N11OS/c1-20(25-10-6-16-45(25)2)47-35-24(19-41-47)34(46-17-7-11-26(46)21-9-5-15-40-31(21)38)42-33(43-35)29-22-8-3-13-36(30(22)48-44-29)14-4-12-27-28(36)23(18-37)32(39)49-27/h5,9,15,19-20,25-26H,3-4,6-8,10-14,16-17,39H2,1-2H3,(H2,38,40)/t20-,25-,26+,36-/m0/s1. The van der Waals surface area contributed by atoms with Gasteiger partial charge in [-0.25, -0.2) is 19.6 Å². The molecule has 2 aliphatic carbocycles. The van der Waals surface area contributed by atoms with Crippen LogP contribution in [0.25, 0.3) is 22.6 Å². The fourth-order valence-corrected chi connectivity index (χ4v) is 10.7. The number of likely N-dealkylation sites (tertiary alicyclic amines) is 1. The minimum absolute atomic E-state index is 0.0324. The monoisotopic (exact) mass is 675 g/mol. The predicted molar refractivity (Wildman–Crippen MR) is 189 cm³/mol. The summed E-state index contributed by atoms with van der Waals surface area (Å²) in [5.41, 5.74) is 17.7. The van der Waals surface area contributed by atoms with Crippen LogP contribution in [0.1, 0.15) is 103 Å². The van der Waals surface area contributed by atoms with Gasteiger partial charge in [-0.05, 0) is 96.4 Å². The second-order valence-electron chi connectivity index (χ2n) is 14.3. The zero-order valence-electron chi connectivity index (χ0n) is 28.0. The third-order valence-corrected chi connectivity index (χ3v) is 12.9. The van der Waals surface area contributed by atoms with Gasteiger partial charge >= 0.3 is 0 Å². The number of hydrogen-bond acceptors (Lipinski definition) is 12. The quantitative estimate of drug-likeness (QED) is 0.227. The first-order valence-electron chi connectivity index (χ1n) is 17.6. The Labute approximate surface area is 289 Å². The Morgan fingerprint density at radius 2 is 1.94 bits per heavy atom. The van der Waals surface area contributed by atoms with Gasteiger partial charge in [0.25, 0.3) is 0 Å². The summed E-state index contributed by atoms with van der Waals surface area (Å²) >= 11 is 1.56. The Bertz CT molecular complexity index is 2120. The van der Waals surface area contributed by atoms with Gasteiger partial charge < -0.3 is 25.8 Å². The molecule has 2 fully saturated rings. The summed E-state index contributed by atoms with van der Waals surface area (Å²) < 4.78 is 8.49. The molecule has 7 heterocycles. The van der Waals surface area contributed by atoms with Gasteiger partial charge in [-0.15, -0.1) is 11.3 Å². The van der Waals surface area contributed by atoms with Crippen molar-refractivity contribution in [3.8, 4) is 17.6 Å². The molecule has 0 bridgehead atoms. The van der Waals surface area contributed by atoms with E-state index in [-0.39, 0.29) is 12.1 Å². The topological polar surface area (TPSA) is 165 Å². The molecule has 12 nitrogen and oxygen atoms in total. The summed E-state index contributed by atoms with van der Waals surface area (Å²) in [7, 11) is 2.20. The van der Waals surface area contributed by atoms with Crippen LogP contribution in [-0.2, 0) is 18.3 Å². The van der Waals surface area contributed by atoms with Crippen LogP contribution in [0.3, 0.4) is 0 Å². The number of aryl methyl sites for hydroxylation is 1. The Morgan fingerprint density at radius 3 is 2.73 bits per heavy atom. The second-order valence-corrected chi connectivity index (χ2v) is 15.5. The molecular weight excluding hydrogens is 635 g/mol. The fourth-order valence-electron chi connectivity index (χ4n) is 9.51. The van der Waals surface area contributed by atoms with Gasteiger partial charge in [-0.3, -0.25) is 0 Å². The molecule has 9 rings (SSSR count). The smallest absolute Gasteiger partial charge is 0.186 e. The zero-order chi connectivity index (χ0) is 33.4. The van der Waals surface area contributed by atoms with E-state index in [0.29, 0.717) is 33.9 Å². The molecule has 5 aromatic heterocycles.